The molecule has 0 bridgehead atoms. The van der Waals surface area contributed by atoms with Gasteiger partial charge >= 0.3 is 0 Å². The van der Waals surface area contributed by atoms with Gasteiger partial charge in [0.05, 0.1) is 12.7 Å². The Morgan fingerprint density at radius 3 is 2.71 bits per heavy atom. The molecule has 1 aliphatic heterocycles. The third-order valence-electron chi connectivity index (χ3n) is 2.80. The number of halogens is 1. The number of rotatable bonds is 3. The minimum atomic E-state index is -0.392. The summed E-state index contributed by atoms with van der Waals surface area (Å²) in [5.74, 6) is 0.752. The molecule has 14 heavy (non-hydrogen) atoms. The van der Waals surface area contributed by atoms with Gasteiger partial charge in [0.15, 0.2) is 5.79 Å². The van der Waals surface area contributed by atoms with Gasteiger partial charge in [0, 0.05) is 5.92 Å². The molecule has 0 aliphatic carbocycles. The van der Waals surface area contributed by atoms with Gasteiger partial charge in [-0.1, -0.05) is 36.4 Å². The quantitative estimate of drug-likeness (QED) is 0.588. The van der Waals surface area contributed by atoms with Gasteiger partial charge in [0.25, 0.3) is 0 Å². The number of ether oxygens (including phenoxy) is 2. The van der Waals surface area contributed by atoms with E-state index >= 15 is 0 Å². The van der Waals surface area contributed by atoms with Crippen molar-refractivity contribution in [2.75, 3.05) is 11.0 Å². The normalized spacial score (nSPS) is 34.1. The summed E-state index contributed by atoms with van der Waals surface area (Å²) in [6.07, 6.45) is 1.58. The molecule has 3 atom stereocenters. The second-order valence-corrected chi connectivity index (χ2v) is 5.80. The third-order valence-corrected chi connectivity index (χ3v) is 3.42. The smallest absolute Gasteiger partial charge is 0.163 e. The van der Waals surface area contributed by atoms with Crippen LogP contribution in [0.15, 0.2) is 0 Å². The molecule has 84 valence electrons. The van der Waals surface area contributed by atoms with Crippen molar-refractivity contribution in [3.8, 4) is 0 Å². The van der Waals surface area contributed by atoms with E-state index in [2.05, 4.69) is 36.4 Å². The van der Waals surface area contributed by atoms with Gasteiger partial charge in [-0.3, -0.25) is 0 Å². The van der Waals surface area contributed by atoms with Crippen LogP contribution in [0.4, 0.5) is 0 Å². The maximum Gasteiger partial charge on any atom is 0.163 e. The third kappa shape index (κ3) is 3.35. The molecule has 0 aromatic carbocycles. The molecule has 2 nitrogen and oxygen atoms in total. The van der Waals surface area contributed by atoms with Crippen LogP contribution in [0.5, 0.6) is 0 Å². The Kier molecular flexibility index (Phi) is 4.65. The van der Waals surface area contributed by atoms with Gasteiger partial charge in [0.1, 0.15) is 0 Å². The van der Waals surface area contributed by atoms with Crippen molar-refractivity contribution in [3.05, 3.63) is 0 Å². The summed E-state index contributed by atoms with van der Waals surface area (Å²) in [7, 11) is 0. The zero-order valence-corrected chi connectivity index (χ0v) is 11.7. The molecule has 1 heterocycles. The van der Waals surface area contributed by atoms with E-state index in [1.54, 1.807) is 0 Å². The zero-order chi connectivity index (χ0) is 10.8. The predicted molar refractivity (Wildman–Crippen MR) is 66.7 cm³/mol. The molecule has 1 saturated heterocycles. The maximum atomic E-state index is 5.97. The Morgan fingerprint density at radius 1 is 1.50 bits per heavy atom. The summed E-state index contributed by atoms with van der Waals surface area (Å²) in [4.78, 5) is 0. The molecule has 1 rings (SSSR count). The van der Waals surface area contributed by atoms with Gasteiger partial charge in [-0.25, -0.2) is 0 Å². The molecule has 0 amide bonds. The van der Waals surface area contributed by atoms with Crippen molar-refractivity contribution in [3.63, 3.8) is 0 Å². The van der Waals surface area contributed by atoms with E-state index in [0.717, 1.165) is 6.61 Å². The highest BCUT2D eigenvalue weighted by atomic mass is 127. The van der Waals surface area contributed by atoms with E-state index in [9.17, 15) is 0 Å². The highest BCUT2D eigenvalue weighted by Gasteiger charge is 2.36. The first kappa shape index (κ1) is 12.7. The van der Waals surface area contributed by atoms with Crippen LogP contribution >= 0.6 is 22.6 Å². The van der Waals surface area contributed by atoms with E-state index in [1.165, 1.54) is 10.8 Å². The Bertz CT molecular complexity index is 182. The fraction of sp³-hybridized carbons (Fsp3) is 1.00. The molecule has 0 unspecified atom stereocenters. The van der Waals surface area contributed by atoms with Gasteiger partial charge in [-0.15, -0.1) is 0 Å². The van der Waals surface area contributed by atoms with Crippen LogP contribution in [0.1, 0.15) is 34.1 Å². The van der Waals surface area contributed by atoms with Crippen LogP contribution in [0, 0.1) is 11.8 Å². The lowest BCUT2D eigenvalue weighted by atomic mass is 9.90. The topological polar surface area (TPSA) is 18.5 Å². The lowest BCUT2D eigenvalue weighted by molar-refractivity contribution is -0.299. The molecule has 0 aromatic heterocycles. The van der Waals surface area contributed by atoms with Crippen LogP contribution in [0.2, 0.25) is 0 Å². The van der Waals surface area contributed by atoms with Crippen molar-refractivity contribution < 1.29 is 9.47 Å². The lowest BCUT2D eigenvalue weighted by Gasteiger charge is -2.42. The summed E-state index contributed by atoms with van der Waals surface area (Å²) in [5.41, 5.74) is 0. The first-order chi connectivity index (χ1) is 6.46. The molecule has 0 radical (unpaired) electrons. The second-order valence-electron chi connectivity index (χ2n) is 4.73. The number of alkyl halides is 1. The van der Waals surface area contributed by atoms with E-state index < -0.39 is 5.79 Å². The molecule has 0 aromatic rings. The Labute approximate surface area is 101 Å². The van der Waals surface area contributed by atoms with Crippen LogP contribution in [-0.2, 0) is 9.47 Å². The molecule has 0 spiro atoms. The van der Waals surface area contributed by atoms with Gasteiger partial charge in [-0.05, 0) is 30.6 Å². The van der Waals surface area contributed by atoms with Crippen LogP contribution in [0.25, 0.3) is 0 Å². The summed E-state index contributed by atoms with van der Waals surface area (Å²) in [6, 6.07) is 0. The van der Waals surface area contributed by atoms with Gasteiger partial charge < -0.3 is 9.47 Å². The predicted octanol–water partition coefficient (Wildman–Crippen LogP) is 3.24. The average molecular weight is 312 g/mol. The van der Waals surface area contributed by atoms with Crippen molar-refractivity contribution in [2.45, 2.75) is 46.0 Å². The highest BCUT2D eigenvalue weighted by molar-refractivity contribution is 14.1. The first-order valence-electron chi connectivity index (χ1n) is 5.34. The Morgan fingerprint density at radius 2 is 2.14 bits per heavy atom. The van der Waals surface area contributed by atoms with Gasteiger partial charge in [-0.2, -0.15) is 0 Å². The summed E-state index contributed by atoms with van der Waals surface area (Å²) in [5, 5.41) is 0. The minimum absolute atomic E-state index is 0.355. The monoisotopic (exact) mass is 312 g/mol. The maximum absolute atomic E-state index is 5.97. The number of hydrogen-bond acceptors (Lipinski definition) is 2. The van der Waals surface area contributed by atoms with Crippen molar-refractivity contribution in [2.24, 2.45) is 11.8 Å². The highest BCUT2D eigenvalue weighted by Crippen LogP contribution is 2.31. The minimum Gasteiger partial charge on any atom is -0.350 e. The van der Waals surface area contributed by atoms with E-state index in [1.807, 2.05) is 13.8 Å². The van der Waals surface area contributed by atoms with E-state index in [0.29, 0.717) is 17.9 Å². The van der Waals surface area contributed by atoms with E-state index in [4.69, 9.17) is 9.47 Å². The van der Waals surface area contributed by atoms with Gasteiger partial charge in [0.2, 0.25) is 0 Å². The largest absolute Gasteiger partial charge is 0.350 e. The molecule has 1 fully saturated rings. The molecule has 0 saturated carbocycles. The number of hydrogen-bond donors (Lipinski definition) is 0. The van der Waals surface area contributed by atoms with E-state index in [-0.39, 0.29) is 0 Å². The fourth-order valence-corrected chi connectivity index (χ4v) is 2.90. The van der Waals surface area contributed by atoms with Crippen molar-refractivity contribution >= 4 is 22.6 Å². The first-order valence-corrected chi connectivity index (χ1v) is 6.86. The summed E-state index contributed by atoms with van der Waals surface area (Å²) in [6.45, 7) is 9.32. The zero-order valence-electron chi connectivity index (χ0n) is 9.55. The SMILES string of the molecule is C[C@H](CCI)[C@@H]1OC(C)(C)OC[C@H]1C. The Balaban J connectivity index is 2.56. The Hall–Kier alpha value is 0.650. The van der Waals surface area contributed by atoms with Crippen molar-refractivity contribution in [1.82, 2.24) is 0 Å². The lowest BCUT2D eigenvalue weighted by Crippen LogP contribution is -2.47. The molecular weight excluding hydrogens is 291 g/mol. The van der Waals surface area contributed by atoms with Crippen LogP contribution in [0.3, 0.4) is 0 Å². The average Bonchev–Trinajstić information content (AvgIpc) is 2.10. The molecule has 0 N–H and O–H groups in total. The molecule has 1 aliphatic rings. The fourth-order valence-electron chi connectivity index (χ4n) is 1.92. The van der Waals surface area contributed by atoms with Crippen LogP contribution < -0.4 is 0 Å². The van der Waals surface area contributed by atoms with Crippen LogP contribution in [-0.4, -0.2) is 22.9 Å². The van der Waals surface area contributed by atoms with Crippen molar-refractivity contribution in [1.29, 1.82) is 0 Å². The second kappa shape index (κ2) is 5.12. The summed E-state index contributed by atoms with van der Waals surface area (Å²) >= 11 is 2.43. The standard InChI is InChI=1S/C11H21IO2/c1-8(5-6-12)10-9(2)7-13-11(3,4)14-10/h8-10H,5-7H2,1-4H3/t8-,9-,10+/m1/s1. The summed E-state index contributed by atoms with van der Waals surface area (Å²) < 4.78 is 12.8. The molecule has 3 heteroatoms. The molecular formula is C11H21IO2.